The van der Waals surface area contributed by atoms with Crippen molar-refractivity contribution in [3.8, 4) is 11.1 Å². The van der Waals surface area contributed by atoms with Crippen LogP contribution in [0.1, 0.15) is 68.4 Å². The average molecular weight is 585 g/mol. The highest BCUT2D eigenvalue weighted by Gasteiger charge is 2.42. The van der Waals surface area contributed by atoms with Gasteiger partial charge in [-0.05, 0) is 86.3 Å². The smallest absolute Gasteiger partial charge is 0.319 e. The third-order valence-electron chi connectivity index (χ3n) is 8.86. The van der Waals surface area contributed by atoms with Crippen LogP contribution in [0.3, 0.4) is 0 Å². The van der Waals surface area contributed by atoms with Crippen molar-refractivity contribution in [3.05, 3.63) is 53.5 Å². The molecule has 0 unspecified atom stereocenters. The lowest BCUT2D eigenvalue weighted by atomic mass is 9.78. The quantitative estimate of drug-likeness (QED) is 0.334. The minimum Gasteiger partial charge on any atom is -0.461 e. The van der Waals surface area contributed by atoms with Gasteiger partial charge >= 0.3 is 5.97 Å². The summed E-state index contributed by atoms with van der Waals surface area (Å²) in [6.07, 6.45) is 4.45. The molecule has 0 bridgehead atoms. The summed E-state index contributed by atoms with van der Waals surface area (Å²) < 4.78 is 48.5. The molecule has 0 atom stereocenters. The zero-order valence-corrected chi connectivity index (χ0v) is 24.2. The van der Waals surface area contributed by atoms with Crippen LogP contribution in [0.15, 0.2) is 36.4 Å². The Hall–Kier alpha value is -3.44. The standard InChI is InChI=1S/C30H37FN4O5S/c1-3-30(4-2)15-26-28(23-12-6-19(31)14-25(23)35(26)41(38,39)17-30)18-5-11-22(29(33)37)24(13-18)34-20-7-9-21(10-8-20)40-27(36)16-32/h5-6,11-14,20-21,34H,3-4,7-10,15-17,32H2,1-2H3,(H2,33,37). The number of aromatic nitrogens is 1. The van der Waals surface area contributed by atoms with E-state index in [1.807, 2.05) is 19.9 Å². The molecule has 1 saturated carbocycles. The molecular weight excluding hydrogens is 547 g/mol. The first-order chi connectivity index (χ1) is 19.5. The van der Waals surface area contributed by atoms with E-state index in [9.17, 15) is 22.4 Å². The second-order valence-electron chi connectivity index (χ2n) is 11.3. The fourth-order valence-corrected chi connectivity index (χ4v) is 8.82. The maximum Gasteiger partial charge on any atom is 0.319 e. The molecule has 3 aromatic rings. The Morgan fingerprint density at radius 3 is 2.44 bits per heavy atom. The van der Waals surface area contributed by atoms with E-state index in [2.05, 4.69) is 5.32 Å². The van der Waals surface area contributed by atoms with Crippen molar-refractivity contribution in [3.63, 3.8) is 0 Å². The van der Waals surface area contributed by atoms with E-state index >= 15 is 0 Å². The van der Waals surface area contributed by atoms with Gasteiger partial charge in [0.2, 0.25) is 10.0 Å². The van der Waals surface area contributed by atoms with Gasteiger partial charge in [-0.25, -0.2) is 16.8 Å². The number of amides is 1. The summed E-state index contributed by atoms with van der Waals surface area (Å²) in [5.74, 6) is -1.53. The molecule has 0 spiro atoms. The summed E-state index contributed by atoms with van der Waals surface area (Å²) in [7, 11) is -3.76. The third kappa shape index (κ3) is 5.44. The van der Waals surface area contributed by atoms with Crippen molar-refractivity contribution >= 4 is 38.5 Å². The number of hydrogen-bond donors (Lipinski definition) is 3. The van der Waals surface area contributed by atoms with Crippen LogP contribution < -0.4 is 16.8 Å². The molecular formula is C30H37FN4O5S. The van der Waals surface area contributed by atoms with Crippen LogP contribution in [0.25, 0.3) is 22.0 Å². The third-order valence-corrected chi connectivity index (χ3v) is 10.8. The number of primary amides is 1. The fourth-order valence-electron chi connectivity index (χ4n) is 6.46. The van der Waals surface area contributed by atoms with Crippen LogP contribution in [0.2, 0.25) is 0 Å². The number of carbonyl (C=O) groups is 2. The van der Waals surface area contributed by atoms with Gasteiger partial charge in [0.05, 0.1) is 23.4 Å². The number of esters is 1. The van der Waals surface area contributed by atoms with E-state index < -0.39 is 33.1 Å². The van der Waals surface area contributed by atoms with Crippen LogP contribution in [0.4, 0.5) is 10.1 Å². The first-order valence-electron chi connectivity index (χ1n) is 14.2. The number of carbonyl (C=O) groups excluding carboxylic acids is 2. The van der Waals surface area contributed by atoms with Crippen LogP contribution >= 0.6 is 0 Å². The summed E-state index contributed by atoms with van der Waals surface area (Å²) in [4.78, 5) is 24.0. The van der Waals surface area contributed by atoms with Crippen LogP contribution in [0.5, 0.6) is 0 Å². The molecule has 0 radical (unpaired) electrons. The number of ether oxygens (including phenoxy) is 1. The number of nitrogens with one attached hydrogen (secondary N) is 1. The minimum atomic E-state index is -3.76. The van der Waals surface area contributed by atoms with Gasteiger partial charge < -0.3 is 21.5 Å². The number of hydrogen-bond acceptors (Lipinski definition) is 7. The molecule has 1 aliphatic heterocycles. The number of anilines is 1. The normalized spacial score (nSPS) is 21.3. The molecule has 1 amide bonds. The van der Waals surface area contributed by atoms with E-state index in [1.165, 1.54) is 16.1 Å². The summed E-state index contributed by atoms with van der Waals surface area (Å²) in [5.41, 5.74) is 13.9. The molecule has 5 rings (SSSR count). The molecule has 220 valence electrons. The highest BCUT2D eigenvalue weighted by molar-refractivity contribution is 7.90. The molecule has 2 aliphatic rings. The summed E-state index contributed by atoms with van der Waals surface area (Å²) in [6, 6.07) is 9.51. The van der Waals surface area contributed by atoms with Crippen molar-refractivity contribution in [2.24, 2.45) is 16.9 Å². The van der Waals surface area contributed by atoms with E-state index in [0.29, 0.717) is 83.9 Å². The SMILES string of the molecule is CCC1(CC)Cc2c(-c3ccc(C(N)=O)c(NC4CCC(OC(=O)CN)CC4)c3)c3ccc(F)cc3n2S(=O)(=O)C1. The van der Waals surface area contributed by atoms with Crippen LogP contribution in [-0.2, 0) is 26.0 Å². The van der Waals surface area contributed by atoms with Gasteiger partial charge in [0.25, 0.3) is 5.91 Å². The molecule has 1 aromatic heterocycles. The Labute approximate surface area is 239 Å². The predicted octanol–water partition coefficient (Wildman–Crippen LogP) is 4.31. The van der Waals surface area contributed by atoms with Crippen LogP contribution in [-0.4, -0.2) is 48.7 Å². The Morgan fingerprint density at radius 2 is 1.80 bits per heavy atom. The Kier molecular flexibility index (Phi) is 7.86. The van der Waals surface area contributed by atoms with E-state index in [4.69, 9.17) is 16.2 Å². The van der Waals surface area contributed by atoms with Crippen LogP contribution in [0, 0.1) is 11.2 Å². The molecule has 0 saturated heterocycles. The van der Waals surface area contributed by atoms with Gasteiger partial charge in [0.15, 0.2) is 0 Å². The van der Waals surface area contributed by atoms with Gasteiger partial charge in [0.1, 0.15) is 11.9 Å². The summed E-state index contributed by atoms with van der Waals surface area (Å²) >= 11 is 0. The molecule has 5 N–H and O–H groups in total. The van der Waals surface area contributed by atoms with Crippen molar-refractivity contribution < 1.29 is 27.1 Å². The molecule has 2 aromatic carbocycles. The number of rotatable bonds is 8. The van der Waals surface area contributed by atoms with Crippen molar-refractivity contribution in [1.29, 1.82) is 0 Å². The monoisotopic (exact) mass is 584 g/mol. The molecule has 41 heavy (non-hydrogen) atoms. The molecule has 9 nitrogen and oxygen atoms in total. The zero-order chi connectivity index (χ0) is 29.5. The highest BCUT2D eigenvalue weighted by atomic mass is 32.2. The highest BCUT2D eigenvalue weighted by Crippen LogP contribution is 2.46. The fraction of sp³-hybridized carbons (Fsp3) is 0.467. The summed E-state index contributed by atoms with van der Waals surface area (Å²) in [5, 5.41) is 4.09. The lowest BCUT2D eigenvalue weighted by molar-refractivity contribution is -0.148. The number of nitrogens with zero attached hydrogens (tertiary/aromatic N) is 1. The largest absolute Gasteiger partial charge is 0.461 e. The van der Waals surface area contributed by atoms with Gasteiger partial charge in [-0.2, -0.15) is 0 Å². The number of fused-ring (bicyclic) bond motifs is 3. The Morgan fingerprint density at radius 1 is 1.10 bits per heavy atom. The number of halogens is 1. The van der Waals surface area contributed by atoms with Gasteiger partial charge in [0, 0.05) is 28.4 Å². The first-order valence-corrected chi connectivity index (χ1v) is 15.8. The zero-order valence-electron chi connectivity index (χ0n) is 23.4. The summed E-state index contributed by atoms with van der Waals surface area (Å²) in [6.45, 7) is 3.86. The van der Waals surface area contributed by atoms with Gasteiger partial charge in [-0.1, -0.05) is 19.9 Å². The minimum absolute atomic E-state index is 0.00355. The number of benzene rings is 2. The van der Waals surface area contributed by atoms with Crippen molar-refractivity contribution in [1.82, 2.24) is 3.97 Å². The van der Waals surface area contributed by atoms with E-state index in [1.54, 1.807) is 18.2 Å². The second-order valence-corrected chi connectivity index (χ2v) is 13.1. The predicted molar refractivity (Wildman–Crippen MR) is 157 cm³/mol. The molecule has 11 heteroatoms. The molecule has 1 aliphatic carbocycles. The Bertz CT molecular complexity index is 1600. The van der Waals surface area contributed by atoms with Crippen molar-refractivity contribution in [2.75, 3.05) is 17.6 Å². The maximum absolute atomic E-state index is 14.4. The lowest BCUT2D eigenvalue weighted by Crippen LogP contribution is -2.40. The second kappa shape index (κ2) is 11.1. The van der Waals surface area contributed by atoms with E-state index in [0.717, 1.165) is 0 Å². The molecule has 2 heterocycles. The number of nitrogens with two attached hydrogens (primary N) is 2. The van der Waals surface area contributed by atoms with Gasteiger partial charge in [-0.15, -0.1) is 0 Å². The topological polar surface area (TPSA) is 147 Å². The lowest BCUT2D eigenvalue weighted by Gasteiger charge is -2.36. The first kappa shape index (κ1) is 29.1. The Balaban J connectivity index is 1.58. The maximum atomic E-state index is 14.4. The molecule has 1 fully saturated rings. The average Bonchev–Trinajstić information content (AvgIpc) is 3.27. The van der Waals surface area contributed by atoms with E-state index in [-0.39, 0.29) is 24.4 Å². The van der Waals surface area contributed by atoms with Gasteiger partial charge in [-0.3, -0.25) is 9.59 Å². The van der Waals surface area contributed by atoms with Crippen molar-refractivity contribution in [2.45, 2.75) is 70.9 Å².